The van der Waals surface area contributed by atoms with Gasteiger partial charge in [0.2, 0.25) is 0 Å². The number of hydrogen-bond donors (Lipinski definition) is 1. The van der Waals surface area contributed by atoms with Gasteiger partial charge in [-0.25, -0.2) is 0 Å². The van der Waals surface area contributed by atoms with Crippen LogP contribution in [0.15, 0.2) is 48.5 Å². The van der Waals surface area contributed by atoms with Crippen LogP contribution >= 0.6 is 0 Å². The molecule has 1 N–H and O–H groups in total. The maximum Gasteiger partial charge on any atom is 0.314 e. The van der Waals surface area contributed by atoms with Gasteiger partial charge in [0.15, 0.2) is 17.3 Å². The average Bonchev–Trinajstić information content (AvgIpc) is 2.59. The van der Waals surface area contributed by atoms with E-state index in [4.69, 9.17) is 9.47 Å². The fourth-order valence-corrected chi connectivity index (χ4v) is 2.33. The van der Waals surface area contributed by atoms with E-state index >= 15 is 0 Å². The molecule has 23 heavy (non-hydrogen) atoms. The number of carboxylic acids is 1. The molecule has 5 heteroatoms. The van der Waals surface area contributed by atoms with E-state index in [1.165, 1.54) is 20.3 Å². The van der Waals surface area contributed by atoms with Crippen molar-refractivity contribution in [1.29, 1.82) is 0 Å². The Labute approximate surface area is 134 Å². The second-order valence-electron chi connectivity index (χ2n) is 5.01. The summed E-state index contributed by atoms with van der Waals surface area (Å²) in [6, 6.07) is 13.7. The molecule has 5 nitrogen and oxygen atoms in total. The van der Waals surface area contributed by atoms with E-state index in [9.17, 15) is 14.7 Å². The minimum atomic E-state index is -1.14. The Kier molecular flexibility index (Phi) is 5.36. The highest BCUT2D eigenvalue weighted by Crippen LogP contribution is 2.29. The van der Waals surface area contributed by atoms with Crippen LogP contribution in [0.25, 0.3) is 0 Å². The lowest BCUT2D eigenvalue weighted by molar-refractivity contribution is -0.139. The van der Waals surface area contributed by atoms with E-state index < -0.39 is 17.7 Å². The molecule has 0 spiro atoms. The van der Waals surface area contributed by atoms with Crippen LogP contribution in [0.3, 0.4) is 0 Å². The van der Waals surface area contributed by atoms with E-state index in [1.807, 2.05) is 18.2 Å². The highest BCUT2D eigenvalue weighted by Gasteiger charge is 2.28. The molecule has 120 valence electrons. The number of hydrogen-bond acceptors (Lipinski definition) is 4. The first-order valence-electron chi connectivity index (χ1n) is 7.09. The Bertz CT molecular complexity index is 694. The highest BCUT2D eigenvalue weighted by molar-refractivity contribution is 6.08. The van der Waals surface area contributed by atoms with Gasteiger partial charge in [-0.3, -0.25) is 9.59 Å². The normalized spacial score (nSPS) is 11.6. The third kappa shape index (κ3) is 3.88. The summed E-state index contributed by atoms with van der Waals surface area (Å²) in [7, 11) is 2.96. The fourth-order valence-electron chi connectivity index (χ4n) is 2.33. The number of ether oxygens (including phenoxy) is 2. The highest BCUT2D eigenvalue weighted by atomic mass is 16.5. The summed E-state index contributed by atoms with van der Waals surface area (Å²) >= 11 is 0. The molecule has 0 aliphatic rings. The van der Waals surface area contributed by atoms with Gasteiger partial charge in [-0.05, 0) is 30.2 Å². The van der Waals surface area contributed by atoms with E-state index in [0.717, 1.165) is 5.56 Å². The summed E-state index contributed by atoms with van der Waals surface area (Å²) in [5.74, 6) is -1.87. The smallest absolute Gasteiger partial charge is 0.314 e. The van der Waals surface area contributed by atoms with Crippen molar-refractivity contribution >= 4 is 11.8 Å². The Hall–Kier alpha value is -2.82. The molecule has 0 bridgehead atoms. The zero-order valence-electron chi connectivity index (χ0n) is 13.0. The van der Waals surface area contributed by atoms with Gasteiger partial charge in [0.05, 0.1) is 14.2 Å². The lowest BCUT2D eigenvalue weighted by Crippen LogP contribution is -2.26. The molecule has 0 saturated carbocycles. The molecular formula is C18H18O5. The molecule has 0 saturated heterocycles. The summed E-state index contributed by atoms with van der Waals surface area (Å²) in [4.78, 5) is 24.1. The number of ketones is 1. The summed E-state index contributed by atoms with van der Waals surface area (Å²) in [6.07, 6.45) is 0.142. The molecule has 0 aliphatic heterocycles. The van der Waals surface area contributed by atoms with Crippen molar-refractivity contribution < 1.29 is 24.2 Å². The number of rotatable bonds is 7. The molecule has 0 radical (unpaired) electrons. The molecule has 0 aliphatic carbocycles. The first-order chi connectivity index (χ1) is 11.1. The van der Waals surface area contributed by atoms with Crippen molar-refractivity contribution in [2.75, 3.05) is 14.2 Å². The predicted molar refractivity (Wildman–Crippen MR) is 85.1 cm³/mol. The number of carboxylic acid groups (broad SMARTS) is 1. The molecule has 2 aromatic rings. The third-order valence-corrected chi connectivity index (χ3v) is 3.57. The van der Waals surface area contributed by atoms with Crippen LogP contribution < -0.4 is 9.47 Å². The monoisotopic (exact) mass is 314 g/mol. The first kappa shape index (κ1) is 16.5. The Morgan fingerprint density at radius 3 is 2.22 bits per heavy atom. The third-order valence-electron chi connectivity index (χ3n) is 3.57. The molecule has 1 atom stereocenters. The maximum atomic E-state index is 12.6. The van der Waals surface area contributed by atoms with Gasteiger partial charge in [-0.15, -0.1) is 0 Å². The molecule has 2 rings (SSSR count). The predicted octanol–water partition coefficient (Wildman–Crippen LogP) is 2.83. The first-order valence-corrected chi connectivity index (χ1v) is 7.09. The van der Waals surface area contributed by atoms with Crippen molar-refractivity contribution in [3.05, 3.63) is 59.7 Å². The van der Waals surface area contributed by atoms with Gasteiger partial charge < -0.3 is 14.6 Å². The summed E-state index contributed by atoms with van der Waals surface area (Å²) in [5, 5.41) is 9.42. The van der Waals surface area contributed by atoms with E-state index in [0.29, 0.717) is 11.5 Å². The second-order valence-corrected chi connectivity index (χ2v) is 5.01. The number of aliphatic carboxylic acids is 1. The second kappa shape index (κ2) is 7.45. The fraction of sp³-hybridized carbons (Fsp3) is 0.222. The van der Waals surface area contributed by atoms with Gasteiger partial charge in [-0.2, -0.15) is 0 Å². The quantitative estimate of drug-likeness (QED) is 0.628. The molecule has 0 fully saturated rings. The van der Waals surface area contributed by atoms with Gasteiger partial charge in [0.1, 0.15) is 5.92 Å². The van der Waals surface area contributed by atoms with Crippen LogP contribution in [0, 0.1) is 5.92 Å². The minimum Gasteiger partial charge on any atom is -0.493 e. The van der Waals surface area contributed by atoms with Crippen LogP contribution in [0.2, 0.25) is 0 Å². The average molecular weight is 314 g/mol. The van der Waals surface area contributed by atoms with E-state index in [2.05, 4.69) is 0 Å². The molecule has 1 unspecified atom stereocenters. The Balaban J connectivity index is 2.29. The van der Waals surface area contributed by atoms with Crippen LogP contribution in [0.5, 0.6) is 11.5 Å². The molecule has 0 heterocycles. The van der Waals surface area contributed by atoms with Gasteiger partial charge in [-0.1, -0.05) is 30.3 Å². The summed E-state index contributed by atoms with van der Waals surface area (Å²) < 4.78 is 10.3. The van der Waals surface area contributed by atoms with Crippen molar-refractivity contribution in [3.8, 4) is 11.5 Å². The Morgan fingerprint density at radius 1 is 1.00 bits per heavy atom. The van der Waals surface area contributed by atoms with Crippen molar-refractivity contribution in [3.63, 3.8) is 0 Å². The lowest BCUT2D eigenvalue weighted by atomic mass is 9.91. The maximum absolute atomic E-state index is 12.6. The van der Waals surface area contributed by atoms with Crippen LogP contribution in [0.4, 0.5) is 0 Å². The van der Waals surface area contributed by atoms with Crippen LogP contribution in [-0.4, -0.2) is 31.1 Å². The van der Waals surface area contributed by atoms with Gasteiger partial charge >= 0.3 is 5.97 Å². The van der Waals surface area contributed by atoms with Crippen molar-refractivity contribution in [2.45, 2.75) is 6.42 Å². The van der Waals surface area contributed by atoms with Crippen LogP contribution in [0.1, 0.15) is 15.9 Å². The van der Waals surface area contributed by atoms with E-state index in [-0.39, 0.29) is 12.0 Å². The number of carbonyl (C=O) groups excluding carboxylic acids is 1. The number of Topliss-reactive ketones (excluding diaryl/α,β-unsaturated/α-hetero) is 1. The molecule has 0 amide bonds. The minimum absolute atomic E-state index is 0.142. The standard InChI is InChI=1S/C18H18O5/c1-22-15-9-8-13(11-16(15)23-2)17(19)14(18(20)21)10-12-6-4-3-5-7-12/h3-9,11,14H,10H2,1-2H3,(H,20,21). The lowest BCUT2D eigenvalue weighted by Gasteiger charge is -2.13. The summed E-state index contributed by atoms with van der Waals surface area (Å²) in [5.41, 5.74) is 1.08. The SMILES string of the molecule is COc1ccc(C(=O)C(Cc2ccccc2)C(=O)O)cc1OC. The topological polar surface area (TPSA) is 72.8 Å². The number of carbonyl (C=O) groups is 2. The molecular weight excluding hydrogens is 296 g/mol. The Morgan fingerprint density at radius 2 is 1.65 bits per heavy atom. The number of methoxy groups -OCH3 is 2. The van der Waals surface area contributed by atoms with Gasteiger partial charge in [0.25, 0.3) is 0 Å². The van der Waals surface area contributed by atoms with E-state index in [1.54, 1.807) is 24.3 Å². The van der Waals surface area contributed by atoms with Gasteiger partial charge in [0, 0.05) is 5.56 Å². The number of benzene rings is 2. The zero-order chi connectivity index (χ0) is 16.8. The molecule has 0 aromatic heterocycles. The van der Waals surface area contributed by atoms with Crippen molar-refractivity contribution in [2.24, 2.45) is 5.92 Å². The van der Waals surface area contributed by atoms with Crippen LogP contribution in [-0.2, 0) is 11.2 Å². The largest absolute Gasteiger partial charge is 0.493 e. The van der Waals surface area contributed by atoms with Crippen molar-refractivity contribution in [1.82, 2.24) is 0 Å². The summed E-state index contributed by atoms with van der Waals surface area (Å²) in [6.45, 7) is 0. The molecule has 2 aromatic carbocycles. The zero-order valence-corrected chi connectivity index (χ0v) is 13.0.